The van der Waals surface area contributed by atoms with Crippen LogP contribution in [-0.4, -0.2) is 36.9 Å². The summed E-state index contributed by atoms with van der Waals surface area (Å²) in [4.78, 5) is 4.39. The average molecular weight is 364 g/mol. The molecule has 1 aliphatic rings. The minimum absolute atomic E-state index is 0.130. The molecule has 0 amide bonds. The minimum Gasteiger partial charge on any atom is -0.335 e. The van der Waals surface area contributed by atoms with Crippen molar-refractivity contribution in [2.75, 3.05) is 17.6 Å². The fourth-order valence-corrected chi connectivity index (χ4v) is 3.71. The molecule has 0 spiro atoms. The van der Waals surface area contributed by atoms with Gasteiger partial charge in [-0.15, -0.1) is 0 Å². The smallest absolute Gasteiger partial charge is 0.322 e. The fourth-order valence-electron chi connectivity index (χ4n) is 3.02. The normalized spacial score (nSPS) is 21.2. The van der Waals surface area contributed by atoms with Gasteiger partial charge >= 0.3 is 6.01 Å². The summed E-state index contributed by atoms with van der Waals surface area (Å²) in [6.45, 7) is 2.18. The van der Waals surface area contributed by atoms with Crippen molar-refractivity contribution in [2.45, 2.75) is 38.6 Å². The van der Waals surface area contributed by atoms with Crippen LogP contribution in [0, 0.1) is 5.92 Å². The third kappa shape index (κ3) is 5.02. The Morgan fingerprint density at radius 2 is 1.88 bits per heavy atom. The Morgan fingerprint density at radius 3 is 2.56 bits per heavy atom. The molecule has 1 aromatic carbocycles. The average Bonchev–Trinajstić information content (AvgIpc) is 3.10. The molecule has 8 heteroatoms. The van der Waals surface area contributed by atoms with Crippen molar-refractivity contribution in [3.8, 4) is 11.4 Å². The molecule has 1 aliphatic carbocycles. The van der Waals surface area contributed by atoms with Crippen LogP contribution in [-0.2, 0) is 10.0 Å². The van der Waals surface area contributed by atoms with Crippen LogP contribution in [0.4, 0.5) is 6.01 Å². The van der Waals surface area contributed by atoms with Crippen molar-refractivity contribution in [1.29, 1.82) is 0 Å². The van der Waals surface area contributed by atoms with Crippen molar-refractivity contribution in [3.05, 3.63) is 30.3 Å². The SMILES string of the molecule is CCS(=O)(=O)NCC1CCC(Nc2nc(-c3ccccc3)no2)CC1. The second-order valence-corrected chi connectivity index (χ2v) is 8.50. The molecule has 3 rings (SSSR count). The quantitative estimate of drug-likeness (QED) is 0.784. The van der Waals surface area contributed by atoms with Crippen LogP contribution >= 0.6 is 0 Å². The Balaban J connectivity index is 1.47. The fraction of sp³-hybridized carbons (Fsp3) is 0.529. The molecule has 0 unspecified atom stereocenters. The second kappa shape index (κ2) is 7.97. The molecule has 25 heavy (non-hydrogen) atoms. The van der Waals surface area contributed by atoms with Crippen molar-refractivity contribution in [1.82, 2.24) is 14.9 Å². The van der Waals surface area contributed by atoms with E-state index in [1.807, 2.05) is 30.3 Å². The summed E-state index contributed by atoms with van der Waals surface area (Å²) in [6.07, 6.45) is 3.87. The first-order valence-corrected chi connectivity index (χ1v) is 10.3. The Kier molecular flexibility index (Phi) is 5.70. The first-order chi connectivity index (χ1) is 12.1. The molecule has 1 fully saturated rings. The molecule has 1 saturated carbocycles. The second-order valence-electron chi connectivity index (χ2n) is 6.40. The molecule has 2 aromatic rings. The van der Waals surface area contributed by atoms with Crippen LogP contribution in [0.25, 0.3) is 11.4 Å². The van der Waals surface area contributed by atoms with E-state index in [-0.39, 0.29) is 11.8 Å². The molecule has 0 radical (unpaired) electrons. The minimum atomic E-state index is -3.10. The number of aromatic nitrogens is 2. The zero-order valence-corrected chi connectivity index (χ0v) is 15.1. The number of nitrogens with zero attached hydrogens (tertiary/aromatic N) is 2. The van der Waals surface area contributed by atoms with Gasteiger partial charge in [-0.2, -0.15) is 4.98 Å². The number of anilines is 1. The third-order valence-corrected chi connectivity index (χ3v) is 5.97. The van der Waals surface area contributed by atoms with Crippen molar-refractivity contribution < 1.29 is 12.9 Å². The number of hydrogen-bond acceptors (Lipinski definition) is 6. The van der Waals surface area contributed by atoms with Gasteiger partial charge in [-0.25, -0.2) is 13.1 Å². The van der Waals surface area contributed by atoms with Gasteiger partial charge in [-0.1, -0.05) is 35.5 Å². The first kappa shape index (κ1) is 17.9. The standard InChI is InChI=1S/C17H24N4O3S/c1-2-25(22,23)18-12-13-8-10-15(11-9-13)19-17-20-16(21-24-17)14-6-4-3-5-7-14/h3-7,13,15,18H,2,8-12H2,1H3,(H,19,20,21). The molecule has 0 saturated heterocycles. The van der Waals surface area contributed by atoms with E-state index in [1.54, 1.807) is 6.92 Å². The summed E-state index contributed by atoms with van der Waals surface area (Å²) in [6, 6.07) is 10.4. The molecule has 2 N–H and O–H groups in total. The van der Waals surface area contributed by atoms with Gasteiger partial charge in [-0.3, -0.25) is 0 Å². The highest BCUT2D eigenvalue weighted by Crippen LogP contribution is 2.26. The van der Waals surface area contributed by atoms with Crippen LogP contribution in [0.15, 0.2) is 34.9 Å². The number of rotatable bonds is 7. The van der Waals surface area contributed by atoms with E-state index >= 15 is 0 Å². The Morgan fingerprint density at radius 1 is 1.16 bits per heavy atom. The lowest BCUT2D eigenvalue weighted by Gasteiger charge is -2.28. The van der Waals surface area contributed by atoms with E-state index in [0.717, 1.165) is 31.2 Å². The maximum atomic E-state index is 11.5. The highest BCUT2D eigenvalue weighted by Gasteiger charge is 2.23. The van der Waals surface area contributed by atoms with E-state index in [9.17, 15) is 8.42 Å². The summed E-state index contributed by atoms with van der Waals surface area (Å²) < 4.78 is 31.0. The van der Waals surface area contributed by atoms with Gasteiger partial charge < -0.3 is 9.84 Å². The lowest BCUT2D eigenvalue weighted by molar-refractivity contribution is 0.330. The Hall–Kier alpha value is -1.93. The van der Waals surface area contributed by atoms with Crippen LogP contribution in [0.2, 0.25) is 0 Å². The van der Waals surface area contributed by atoms with Crippen molar-refractivity contribution in [2.24, 2.45) is 5.92 Å². The topological polar surface area (TPSA) is 97.1 Å². The maximum absolute atomic E-state index is 11.5. The summed E-state index contributed by atoms with van der Waals surface area (Å²) in [5.74, 6) is 1.10. The molecular weight excluding hydrogens is 340 g/mol. The summed E-state index contributed by atoms with van der Waals surface area (Å²) in [5.41, 5.74) is 0.922. The maximum Gasteiger partial charge on any atom is 0.322 e. The molecule has 136 valence electrons. The third-order valence-electron chi connectivity index (χ3n) is 4.60. The predicted octanol–water partition coefficient (Wildman–Crippen LogP) is 2.65. The van der Waals surface area contributed by atoms with Gasteiger partial charge in [0.05, 0.1) is 5.75 Å². The lowest BCUT2D eigenvalue weighted by Crippen LogP contribution is -2.34. The van der Waals surface area contributed by atoms with Crippen LogP contribution in [0.5, 0.6) is 0 Å². The van der Waals surface area contributed by atoms with Gasteiger partial charge in [0.25, 0.3) is 0 Å². The van der Waals surface area contributed by atoms with Crippen molar-refractivity contribution >= 4 is 16.0 Å². The summed E-state index contributed by atoms with van der Waals surface area (Å²) in [7, 11) is -3.10. The highest BCUT2D eigenvalue weighted by atomic mass is 32.2. The molecule has 7 nitrogen and oxygen atoms in total. The van der Waals surface area contributed by atoms with E-state index in [2.05, 4.69) is 20.2 Å². The molecule has 0 bridgehead atoms. The number of benzene rings is 1. The molecular formula is C17H24N4O3S. The largest absolute Gasteiger partial charge is 0.335 e. The Labute approximate surface area is 148 Å². The number of nitrogens with one attached hydrogen (secondary N) is 2. The predicted molar refractivity (Wildman–Crippen MR) is 96.6 cm³/mol. The molecule has 1 aromatic heterocycles. The number of hydrogen-bond donors (Lipinski definition) is 2. The lowest BCUT2D eigenvalue weighted by atomic mass is 9.86. The monoisotopic (exact) mass is 364 g/mol. The summed E-state index contributed by atoms with van der Waals surface area (Å²) >= 11 is 0. The molecule has 0 atom stereocenters. The van der Waals surface area contributed by atoms with Crippen LogP contribution in [0.3, 0.4) is 0 Å². The van der Waals surface area contributed by atoms with Crippen LogP contribution in [0.1, 0.15) is 32.6 Å². The number of sulfonamides is 1. The highest BCUT2D eigenvalue weighted by molar-refractivity contribution is 7.89. The van der Waals surface area contributed by atoms with Crippen LogP contribution < -0.4 is 10.0 Å². The molecule has 1 heterocycles. The first-order valence-electron chi connectivity index (χ1n) is 8.68. The van der Waals surface area contributed by atoms with E-state index in [1.165, 1.54) is 0 Å². The zero-order chi connectivity index (χ0) is 17.7. The summed E-state index contributed by atoms with van der Waals surface area (Å²) in [5, 5.41) is 7.30. The van der Waals surface area contributed by atoms with Gasteiger partial charge in [0, 0.05) is 18.2 Å². The van der Waals surface area contributed by atoms with Gasteiger partial charge in [0.2, 0.25) is 15.8 Å². The molecule has 0 aliphatic heterocycles. The van der Waals surface area contributed by atoms with Gasteiger partial charge in [-0.05, 0) is 38.5 Å². The Bertz CT molecular complexity index is 768. The van der Waals surface area contributed by atoms with E-state index in [0.29, 0.717) is 24.3 Å². The van der Waals surface area contributed by atoms with Gasteiger partial charge in [0.1, 0.15) is 0 Å². The van der Waals surface area contributed by atoms with E-state index in [4.69, 9.17) is 4.52 Å². The van der Waals surface area contributed by atoms with Gasteiger partial charge in [0.15, 0.2) is 0 Å². The van der Waals surface area contributed by atoms with E-state index < -0.39 is 10.0 Å². The zero-order valence-electron chi connectivity index (χ0n) is 14.3. The van der Waals surface area contributed by atoms with Crippen molar-refractivity contribution in [3.63, 3.8) is 0 Å².